The smallest absolute Gasteiger partial charge is 0.222 e. The van der Waals surface area contributed by atoms with E-state index in [4.69, 9.17) is 0 Å². The van der Waals surface area contributed by atoms with Crippen LogP contribution in [0, 0.1) is 0 Å². The minimum absolute atomic E-state index is 0.0765. The Labute approximate surface area is 109 Å². The zero-order chi connectivity index (χ0) is 13.6. The van der Waals surface area contributed by atoms with Gasteiger partial charge in [0.15, 0.2) is 0 Å². The Hall–Kier alpha value is -1.35. The SMILES string of the molecule is CCC(=O)N(Cc1ccccc1)C[C@](C)(O)CC. The number of nitrogens with zero attached hydrogens (tertiary/aromatic N) is 1. The van der Waals surface area contributed by atoms with E-state index in [0.29, 0.717) is 25.9 Å². The number of hydrogen-bond acceptors (Lipinski definition) is 2. The third kappa shape index (κ3) is 4.49. The summed E-state index contributed by atoms with van der Waals surface area (Å²) in [7, 11) is 0. The van der Waals surface area contributed by atoms with E-state index in [0.717, 1.165) is 5.56 Å². The van der Waals surface area contributed by atoms with Gasteiger partial charge < -0.3 is 10.0 Å². The van der Waals surface area contributed by atoms with Gasteiger partial charge in [-0.25, -0.2) is 0 Å². The highest BCUT2D eigenvalue weighted by molar-refractivity contribution is 5.75. The molecule has 1 atom stereocenters. The minimum Gasteiger partial charge on any atom is -0.388 e. The highest BCUT2D eigenvalue weighted by Crippen LogP contribution is 2.14. The Morgan fingerprint density at radius 3 is 2.39 bits per heavy atom. The first-order valence-corrected chi connectivity index (χ1v) is 6.52. The first kappa shape index (κ1) is 14.7. The van der Waals surface area contributed by atoms with Crippen molar-refractivity contribution in [3.05, 3.63) is 35.9 Å². The molecular formula is C15H23NO2. The monoisotopic (exact) mass is 249 g/mol. The number of rotatable bonds is 6. The van der Waals surface area contributed by atoms with Crippen LogP contribution in [0.15, 0.2) is 30.3 Å². The molecule has 1 N–H and O–H groups in total. The average Bonchev–Trinajstić information content (AvgIpc) is 2.38. The predicted molar refractivity (Wildman–Crippen MR) is 73.1 cm³/mol. The molecule has 0 unspecified atom stereocenters. The molecule has 1 amide bonds. The van der Waals surface area contributed by atoms with Gasteiger partial charge in [-0.2, -0.15) is 0 Å². The number of amides is 1. The lowest BCUT2D eigenvalue weighted by Gasteiger charge is -2.31. The van der Waals surface area contributed by atoms with Gasteiger partial charge in [0.1, 0.15) is 0 Å². The normalized spacial score (nSPS) is 14.0. The molecule has 1 aromatic rings. The van der Waals surface area contributed by atoms with E-state index in [1.54, 1.807) is 11.8 Å². The van der Waals surface area contributed by atoms with Crippen LogP contribution in [0.3, 0.4) is 0 Å². The van der Waals surface area contributed by atoms with Gasteiger partial charge in [-0.1, -0.05) is 44.2 Å². The maximum absolute atomic E-state index is 11.9. The van der Waals surface area contributed by atoms with Crippen LogP contribution >= 0.6 is 0 Å². The van der Waals surface area contributed by atoms with Crippen molar-refractivity contribution in [1.82, 2.24) is 4.90 Å². The van der Waals surface area contributed by atoms with Crippen molar-refractivity contribution in [2.75, 3.05) is 6.54 Å². The van der Waals surface area contributed by atoms with Gasteiger partial charge in [-0.05, 0) is 18.9 Å². The predicted octanol–water partition coefficient (Wildman–Crippen LogP) is 2.59. The molecule has 0 aliphatic carbocycles. The Bertz CT molecular complexity index is 373. The minimum atomic E-state index is -0.820. The summed E-state index contributed by atoms with van der Waals surface area (Å²) in [5.74, 6) is 0.0765. The zero-order valence-corrected chi connectivity index (χ0v) is 11.5. The standard InChI is InChI=1S/C15H23NO2/c1-4-14(17)16(12-15(3,18)5-2)11-13-9-7-6-8-10-13/h6-10,18H,4-5,11-12H2,1-3H3/t15-/m1/s1. The molecule has 0 aliphatic heterocycles. The fourth-order valence-corrected chi connectivity index (χ4v) is 1.78. The fourth-order valence-electron chi connectivity index (χ4n) is 1.78. The van der Waals surface area contributed by atoms with Crippen molar-refractivity contribution in [1.29, 1.82) is 0 Å². The first-order valence-electron chi connectivity index (χ1n) is 6.52. The molecule has 3 heteroatoms. The summed E-state index contributed by atoms with van der Waals surface area (Å²) in [6, 6.07) is 9.87. The molecule has 0 saturated carbocycles. The van der Waals surface area contributed by atoms with Gasteiger partial charge in [-0.15, -0.1) is 0 Å². The van der Waals surface area contributed by atoms with Crippen molar-refractivity contribution in [2.45, 2.75) is 45.8 Å². The van der Waals surface area contributed by atoms with Gasteiger partial charge in [-0.3, -0.25) is 4.79 Å². The fraction of sp³-hybridized carbons (Fsp3) is 0.533. The summed E-state index contributed by atoms with van der Waals surface area (Å²) < 4.78 is 0. The van der Waals surface area contributed by atoms with Crippen molar-refractivity contribution < 1.29 is 9.90 Å². The van der Waals surface area contributed by atoms with Crippen molar-refractivity contribution in [3.63, 3.8) is 0 Å². The number of aliphatic hydroxyl groups is 1. The third-order valence-corrected chi connectivity index (χ3v) is 3.16. The number of carbonyl (C=O) groups is 1. The van der Waals surface area contributed by atoms with Crippen molar-refractivity contribution in [3.8, 4) is 0 Å². The van der Waals surface area contributed by atoms with E-state index in [9.17, 15) is 9.90 Å². The number of hydrogen-bond donors (Lipinski definition) is 1. The molecule has 3 nitrogen and oxygen atoms in total. The van der Waals surface area contributed by atoms with Crippen molar-refractivity contribution >= 4 is 5.91 Å². The van der Waals surface area contributed by atoms with Gasteiger partial charge in [0.25, 0.3) is 0 Å². The van der Waals surface area contributed by atoms with Crippen LogP contribution in [0.2, 0.25) is 0 Å². The lowest BCUT2D eigenvalue weighted by molar-refractivity contribution is -0.135. The van der Waals surface area contributed by atoms with E-state index >= 15 is 0 Å². The van der Waals surface area contributed by atoms with E-state index in [-0.39, 0.29) is 5.91 Å². The second-order valence-electron chi connectivity index (χ2n) is 4.94. The molecule has 0 spiro atoms. The van der Waals surface area contributed by atoms with E-state index < -0.39 is 5.60 Å². The highest BCUT2D eigenvalue weighted by atomic mass is 16.3. The maximum atomic E-state index is 11.9. The molecule has 18 heavy (non-hydrogen) atoms. The molecule has 0 fully saturated rings. The molecule has 0 aliphatic rings. The molecule has 0 saturated heterocycles. The molecule has 0 aromatic heterocycles. The summed E-state index contributed by atoms with van der Waals surface area (Å²) in [5.41, 5.74) is 0.269. The van der Waals surface area contributed by atoms with Crippen LogP contribution in [-0.2, 0) is 11.3 Å². The summed E-state index contributed by atoms with van der Waals surface area (Å²) in [4.78, 5) is 13.7. The summed E-state index contributed by atoms with van der Waals surface area (Å²) in [6.07, 6.45) is 1.10. The molecule has 0 bridgehead atoms. The lowest BCUT2D eigenvalue weighted by atomic mass is 10.0. The Kier molecular flexibility index (Phi) is 5.35. The first-order chi connectivity index (χ1) is 8.48. The average molecular weight is 249 g/mol. The summed E-state index contributed by atoms with van der Waals surface area (Å²) in [5, 5.41) is 10.1. The maximum Gasteiger partial charge on any atom is 0.222 e. The second-order valence-corrected chi connectivity index (χ2v) is 4.94. The van der Waals surface area contributed by atoms with Crippen LogP contribution in [0.1, 0.15) is 39.2 Å². The molecule has 1 aromatic carbocycles. The Morgan fingerprint density at radius 1 is 1.28 bits per heavy atom. The van der Waals surface area contributed by atoms with E-state index in [2.05, 4.69) is 0 Å². The van der Waals surface area contributed by atoms with Crippen LogP contribution in [0.4, 0.5) is 0 Å². The molecular weight excluding hydrogens is 226 g/mol. The van der Waals surface area contributed by atoms with Crippen LogP contribution < -0.4 is 0 Å². The molecule has 0 heterocycles. The third-order valence-electron chi connectivity index (χ3n) is 3.16. The molecule has 1 rings (SSSR count). The van der Waals surface area contributed by atoms with E-state index in [1.165, 1.54) is 0 Å². The quantitative estimate of drug-likeness (QED) is 0.842. The topological polar surface area (TPSA) is 40.5 Å². The molecule has 100 valence electrons. The van der Waals surface area contributed by atoms with Crippen LogP contribution in [0.25, 0.3) is 0 Å². The highest BCUT2D eigenvalue weighted by Gasteiger charge is 2.24. The number of benzene rings is 1. The lowest BCUT2D eigenvalue weighted by Crippen LogP contribution is -2.43. The van der Waals surface area contributed by atoms with Gasteiger partial charge in [0.05, 0.1) is 5.60 Å². The Morgan fingerprint density at radius 2 is 1.89 bits per heavy atom. The summed E-state index contributed by atoms with van der Waals surface area (Å²) in [6.45, 7) is 6.49. The van der Waals surface area contributed by atoms with E-state index in [1.807, 2.05) is 44.2 Å². The van der Waals surface area contributed by atoms with Gasteiger partial charge >= 0.3 is 0 Å². The summed E-state index contributed by atoms with van der Waals surface area (Å²) >= 11 is 0. The largest absolute Gasteiger partial charge is 0.388 e. The van der Waals surface area contributed by atoms with Gasteiger partial charge in [0.2, 0.25) is 5.91 Å². The second kappa shape index (κ2) is 6.55. The van der Waals surface area contributed by atoms with Crippen molar-refractivity contribution in [2.24, 2.45) is 0 Å². The molecule has 0 radical (unpaired) electrons. The number of carbonyl (C=O) groups excluding carboxylic acids is 1. The van der Waals surface area contributed by atoms with Crippen LogP contribution in [0.5, 0.6) is 0 Å². The Balaban J connectivity index is 2.77. The van der Waals surface area contributed by atoms with Gasteiger partial charge in [0, 0.05) is 19.5 Å². The van der Waals surface area contributed by atoms with Crippen LogP contribution in [-0.4, -0.2) is 28.1 Å². The zero-order valence-electron chi connectivity index (χ0n) is 11.5.